The molecule has 16 heavy (non-hydrogen) atoms. The molecule has 0 atom stereocenters. The van der Waals surface area contributed by atoms with E-state index in [0.717, 1.165) is 6.61 Å². The minimum Gasteiger partial charge on any atom is -0.361 e. The molecule has 2 saturated carbocycles. The number of hydrogen-bond donors (Lipinski definition) is 1. The summed E-state index contributed by atoms with van der Waals surface area (Å²) < 4.78 is 6.05. The Labute approximate surface area is 99.1 Å². The minimum absolute atomic E-state index is 0.0547. The van der Waals surface area contributed by atoms with Crippen LogP contribution in [0.2, 0.25) is 0 Å². The maximum Gasteiger partial charge on any atom is 0.120 e. The van der Waals surface area contributed by atoms with E-state index in [-0.39, 0.29) is 5.72 Å². The van der Waals surface area contributed by atoms with E-state index in [9.17, 15) is 0 Å². The first-order valence-corrected chi connectivity index (χ1v) is 6.97. The Morgan fingerprint density at radius 3 is 2.25 bits per heavy atom. The minimum atomic E-state index is 0.0547. The van der Waals surface area contributed by atoms with Crippen LogP contribution in [0.1, 0.15) is 65.2 Å². The van der Waals surface area contributed by atoms with Crippen molar-refractivity contribution in [3.05, 3.63) is 0 Å². The summed E-state index contributed by atoms with van der Waals surface area (Å²) in [5.74, 6) is 0. The number of hydrogen-bond acceptors (Lipinski definition) is 2. The van der Waals surface area contributed by atoms with E-state index in [4.69, 9.17) is 4.74 Å². The van der Waals surface area contributed by atoms with Gasteiger partial charge in [0.2, 0.25) is 0 Å². The molecule has 1 aliphatic heterocycles. The summed E-state index contributed by atoms with van der Waals surface area (Å²) in [6.45, 7) is 5.68. The van der Waals surface area contributed by atoms with Gasteiger partial charge in [-0.05, 0) is 37.5 Å². The Kier molecular flexibility index (Phi) is 2.38. The second kappa shape index (κ2) is 3.46. The smallest absolute Gasteiger partial charge is 0.120 e. The van der Waals surface area contributed by atoms with Crippen LogP contribution in [0.5, 0.6) is 0 Å². The van der Waals surface area contributed by atoms with Crippen molar-refractivity contribution >= 4 is 0 Å². The Balaban J connectivity index is 1.70. The van der Waals surface area contributed by atoms with Crippen molar-refractivity contribution in [2.75, 3.05) is 6.61 Å². The standard InChI is InChI=1S/C14H25NO/c1-12(2)10-14(11-12)15-13(8-9-16-14)6-4-3-5-7-13/h15H,3-11H2,1-2H3. The molecule has 3 rings (SSSR count). The second-order valence-electron chi connectivity index (χ2n) is 7.08. The van der Waals surface area contributed by atoms with Crippen LogP contribution in [-0.4, -0.2) is 17.9 Å². The van der Waals surface area contributed by atoms with Gasteiger partial charge in [-0.15, -0.1) is 0 Å². The van der Waals surface area contributed by atoms with E-state index in [1.807, 2.05) is 0 Å². The zero-order chi connectivity index (χ0) is 11.3. The molecule has 2 aliphatic carbocycles. The lowest BCUT2D eigenvalue weighted by molar-refractivity contribution is -0.222. The molecule has 2 nitrogen and oxygen atoms in total. The fraction of sp³-hybridized carbons (Fsp3) is 1.00. The highest BCUT2D eigenvalue weighted by Crippen LogP contribution is 2.52. The van der Waals surface area contributed by atoms with Gasteiger partial charge in [0.1, 0.15) is 5.72 Å². The molecule has 92 valence electrons. The van der Waals surface area contributed by atoms with E-state index in [2.05, 4.69) is 19.2 Å². The van der Waals surface area contributed by atoms with Crippen LogP contribution >= 0.6 is 0 Å². The molecule has 2 spiro atoms. The van der Waals surface area contributed by atoms with Gasteiger partial charge < -0.3 is 4.74 Å². The van der Waals surface area contributed by atoms with Crippen LogP contribution in [0, 0.1) is 5.41 Å². The van der Waals surface area contributed by atoms with E-state index in [1.165, 1.54) is 51.4 Å². The molecule has 3 fully saturated rings. The summed E-state index contributed by atoms with van der Waals surface area (Å²) >= 11 is 0. The average Bonchev–Trinajstić information content (AvgIpc) is 2.15. The maximum absolute atomic E-state index is 6.05. The topological polar surface area (TPSA) is 21.3 Å². The summed E-state index contributed by atoms with van der Waals surface area (Å²) in [7, 11) is 0. The van der Waals surface area contributed by atoms with Crippen LogP contribution in [0.15, 0.2) is 0 Å². The van der Waals surface area contributed by atoms with Gasteiger partial charge in [0, 0.05) is 5.54 Å². The molecule has 1 heterocycles. The SMILES string of the molecule is CC1(C)CC2(C1)NC1(CCCCC1)CCO2. The molecule has 1 N–H and O–H groups in total. The molecule has 0 aromatic rings. The maximum atomic E-state index is 6.05. The van der Waals surface area contributed by atoms with E-state index >= 15 is 0 Å². The zero-order valence-electron chi connectivity index (χ0n) is 10.8. The fourth-order valence-corrected chi connectivity index (χ4v) is 4.31. The first-order valence-electron chi connectivity index (χ1n) is 6.97. The van der Waals surface area contributed by atoms with Gasteiger partial charge in [-0.3, -0.25) is 5.32 Å². The molecule has 0 amide bonds. The summed E-state index contributed by atoms with van der Waals surface area (Å²) in [5.41, 5.74) is 0.978. The molecule has 0 unspecified atom stereocenters. The predicted molar refractivity (Wildman–Crippen MR) is 65.3 cm³/mol. The largest absolute Gasteiger partial charge is 0.361 e. The molecule has 3 aliphatic rings. The second-order valence-corrected chi connectivity index (χ2v) is 7.08. The highest BCUT2D eigenvalue weighted by atomic mass is 16.5. The van der Waals surface area contributed by atoms with Gasteiger partial charge in [-0.2, -0.15) is 0 Å². The highest BCUT2D eigenvalue weighted by Gasteiger charge is 2.55. The first kappa shape index (κ1) is 11.0. The van der Waals surface area contributed by atoms with Crippen LogP contribution in [0.3, 0.4) is 0 Å². The Bertz CT molecular complexity index is 265. The summed E-state index contributed by atoms with van der Waals surface area (Å²) in [4.78, 5) is 0. The summed E-state index contributed by atoms with van der Waals surface area (Å²) in [6.07, 6.45) is 10.6. The van der Waals surface area contributed by atoms with E-state index < -0.39 is 0 Å². The highest BCUT2D eigenvalue weighted by molar-refractivity contribution is 5.07. The number of ether oxygens (including phenoxy) is 1. The third-order valence-corrected chi connectivity index (χ3v) is 4.79. The summed E-state index contributed by atoms with van der Waals surface area (Å²) in [5, 5.41) is 3.92. The molecule has 2 heteroatoms. The Morgan fingerprint density at radius 1 is 0.938 bits per heavy atom. The van der Waals surface area contributed by atoms with Crippen molar-refractivity contribution in [1.29, 1.82) is 0 Å². The number of nitrogens with one attached hydrogen (secondary N) is 1. The van der Waals surface area contributed by atoms with Gasteiger partial charge in [-0.1, -0.05) is 33.1 Å². The van der Waals surface area contributed by atoms with Gasteiger partial charge >= 0.3 is 0 Å². The van der Waals surface area contributed by atoms with E-state index in [1.54, 1.807) is 0 Å². The lowest BCUT2D eigenvalue weighted by Gasteiger charge is -2.60. The third kappa shape index (κ3) is 1.80. The zero-order valence-corrected chi connectivity index (χ0v) is 10.8. The summed E-state index contributed by atoms with van der Waals surface area (Å²) in [6, 6.07) is 0. The molecular formula is C14H25NO. The van der Waals surface area contributed by atoms with Crippen molar-refractivity contribution in [1.82, 2.24) is 5.32 Å². The third-order valence-electron chi connectivity index (χ3n) is 4.79. The molecule has 0 radical (unpaired) electrons. The van der Waals surface area contributed by atoms with Crippen molar-refractivity contribution in [3.63, 3.8) is 0 Å². The first-order chi connectivity index (χ1) is 7.54. The van der Waals surface area contributed by atoms with Crippen molar-refractivity contribution < 1.29 is 4.74 Å². The monoisotopic (exact) mass is 223 g/mol. The Morgan fingerprint density at radius 2 is 1.62 bits per heavy atom. The molecule has 1 saturated heterocycles. The van der Waals surface area contributed by atoms with Crippen LogP contribution in [0.4, 0.5) is 0 Å². The molecule has 0 bridgehead atoms. The Hall–Kier alpha value is -0.0800. The lowest BCUT2D eigenvalue weighted by atomic mass is 9.63. The van der Waals surface area contributed by atoms with E-state index in [0.29, 0.717) is 11.0 Å². The quantitative estimate of drug-likeness (QED) is 0.681. The van der Waals surface area contributed by atoms with Gasteiger partial charge in [0.05, 0.1) is 6.61 Å². The van der Waals surface area contributed by atoms with Crippen molar-refractivity contribution in [2.24, 2.45) is 5.41 Å². The molecular weight excluding hydrogens is 198 g/mol. The van der Waals surface area contributed by atoms with Crippen LogP contribution < -0.4 is 5.32 Å². The molecule has 0 aromatic heterocycles. The van der Waals surface area contributed by atoms with Crippen molar-refractivity contribution in [3.8, 4) is 0 Å². The fourth-order valence-electron chi connectivity index (χ4n) is 4.31. The van der Waals surface area contributed by atoms with Crippen LogP contribution in [0.25, 0.3) is 0 Å². The average molecular weight is 223 g/mol. The normalized spacial score (nSPS) is 34.9. The van der Waals surface area contributed by atoms with Crippen molar-refractivity contribution in [2.45, 2.75) is 76.5 Å². The number of rotatable bonds is 0. The lowest BCUT2D eigenvalue weighted by Crippen LogP contribution is -2.70. The molecule has 0 aromatic carbocycles. The predicted octanol–water partition coefficient (Wildman–Crippen LogP) is 3.22. The van der Waals surface area contributed by atoms with Crippen LogP contribution in [-0.2, 0) is 4.74 Å². The van der Waals surface area contributed by atoms with Gasteiger partial charge in [0.15, 0.2) is 0 Å². The van der Waals surface area contributed by atoms with Gasteiger partial charge in [-0.25, -0.2) is 0 Å². The van der Waals surface area contributed by atoms with Gasteiger partial charge in [0.25, 0.3) is 0 Å².